The molecule has 0 aromatic heterocycles. The minimum Gasteiger partial charge on any atom is -0.484 e. The third-order valence-corrected chi connectivity index (χ3v) is 2.21. The third-order valence-electron chi connectivity index (χ3n) is 2.21. The van der Waals surface area contributed by atoms with Crippen molar-refractivity contribution in [3.8, 4) is 5.75 Å². The third kappa shape index (κ3) is 6.42. The molecule has 0 heterocycles. The first-order valence-electron chi connectivity index (χ1n) is 5.98. The number of benzene rings is 1. The lowest BCUT2D eigenvalue weighted by Gasteiger charge is -2.06. The van der Waals surface area contributed by atoms with Gasteiger partial charge in [-0.2, -0.15) is 0 Å². The molecule has 1 rings (SSSR count). The van der Waals surface area contributed by atoms with E-state index in [2.05, 4.69) is 5.32 Å². The van der Waals surface area contributed by atoms with Crippen molar-refractivity contribution in [2.45, 2.75) is 13.5 Å². The smallest absolute Gasteiger partial charge is 0.319 e. The summed E-state index contributed by atoms with van der Waals surface area (Å²) in [6.07, 6.45) is 0. The van der Waals surface area contributed by atoms with Gasteiger partial charge in [-0.05, 0) is 24.6 Å². The van der Waals surface area contributed by atoms with Gasteiger partial charge in [-0.1, -0.05) is 12.1 Å². The fourth-order valence-electron chi connectivity index (χ4n) is 1.38. The number of nitrogens with two attached hydrogens (primary N) is 1. The molecule has 6 nitrogen and oxygen atoms in total. The molecule has 0 saturated carbocycles. The van der Waals surface area contributed by atoms with Crippen molar-refractivity contribution in [2.75, 3.05) is 19.8 Å². The number of hydrogen-bond donors (Lipinski definition) is 2. The summed E-state index contributed by atoms with van der Waals surface area (Å²) >= 11 is 0. The predicted molar refractivity (Wildman–Crippen MR) is 69.5 cm³/mol. The molecule has 19 heavy (non-hydrogen) atoms. The first-order chi connectivity index (χ1) is 9.11. The van der Waals surface area contributed by atoms with Crippen LogP contribution in [0.15, 0.2) is 24.3 Å². The van der Waals surface area contributed by atoms with Gasteiger partial charge in [0.2, 0.25) is 0 Å². The van der Waals surface area contributed by atoms with Crippen LogP contribution in [0.1, 0.15) is 12.5 Å². The highest BCUT2D eigenvalue weighted by Gasteiger charge is 2.01. The molecule has 0 aliphatic heterocycles. The van der Waals surface area contributed by atoms with E-state index in [0.29, 0.717) is 18.9 Å². The van der Waals surface area contributed by atoms with Gasteiger partial charge in [-0.25, -0.2) is 0 Å². The highest BCUT2D eigenvalue weighted by molar-refractivity contribution is 5.75. The van der Waals surface area contributed by atoms with Gasteiger partial charge in [-0.15, -0.1) is 0 Å². The van der Waals surface area contributed by atoms with Crippen LogP contribution in [0.4, 0.5) is 0 Å². The number of rotatable bonds is 8. The highest BCUT2D eigenvalue weighted by Crippen LogP contribution is 2.11. The van der Waals surface area contributed by atoms with Crippen molar-refractivity contribution in [1.29, 1.82) is 0 Å². The molecule has 0 spiro atoms. The van der Waals surface area contributed by atoms with Crippen LogP contribution in [-0.4, -0.2) is 31.6 Å². The van der Waals surface area contributed by atoms with Crippen LogP contribution >= 0.6 is 0 Å². The van der Waals surface area contributed by atoms with Crippen LogP contribution in [0.5, 0.6) is 5.75 Å². The summed E-state index contributed by atoms with van der Waals surface area (Å²) < 4.78 is 9.92. The van der Waals surface area contributed by atoms with Gasteiger partial charge >= 0.3 is 5.97 Å². The second kappa shape index (κ2) is 8.10. The van der Waals surface area contributed by atoms with Gasteiger partial charge in [0.25, 0.3) is 5.91 Å². The first-order valence-corrected chi connectivity index (χ1v) is 5.98. The van der Waals surface area contributed by atoms with E-state index < -0.39 is 5.91 Å². The minimum atomic E-state index is -0.514. The highest BCUT2D eigenvalue weighted by atomic mass is 16.5. The van der Waals surface area contributed by atoms with Crippen molar-refractivity contribution in [3.05, 3.63) is 29.8 Å². The van der Waals surface area contributed by atoms with Gasteiger partial charge in [0.1, 0.15) is 5.75 Å². The van der Waals surface area contributed by atoms with E-state index in [-0.39, 0.29) is 19.1 Å². The van der Waals surface area contributed by atoms with Gasteiger partial charge in [-0.3, -0.25) is 9.59 Å². The van der Waals surface area contributed by atoms with E-state index in [0.717, 1.165) is 5.56 Å². The van der Waals surface area contributed by atoms with E-state index >= 15 is 0 Å². The second-order valence-corrected chi connectivity index (χ2v) is 3.81. The number of primary amides is 1. The Morgan fingerprint density at radius 3 is 2.53 bits per heavy atom. The molecule has 0 bridgehead atoms. The average molecular weight is 266 g/mol. The Bertz CT molecular complexity index is 417. The average Bonchev–Trinajstić information content (AvgIpc) is 2.38. The van der Waals surface area contributed by atoms with Crippen molar-refractivity contribution in [1.82, 2.24) is 5.32 Å². The molecule has 0 unspecified atom stereocenters. The van der Waals surface area contributed by atoms with Crippen LogP contribution < -0.4 is 15.8 Å². The van der Waals surface area contributed by atoms with E-state index in [1.54, 1.807) is 19.1 Å². The Kier molecular flexibility index (Phi) is 6.38. The molecule has 6 heteroatoms. The SMILES string of the molecule is CCOC(=O)CNCc1ccc(OCC(N)=O)cc1. The molecular formula is C13H18N2O4. The molecule has 0 aliphatic rings. The number of hydrogen-bond acceptors (Lipinski definition) is 5. The van der Waals surface area contributed by atoms with Gasteiger partial charge in [0.05, 0.1) is 13.2 Å². The fourth-order valence-corrected chi connectivity index (χ4v) is 1.38. The quantitative estimate of drug-likeness (QED) is 0.656. The van der Waals surface area contributed by atoms with Crippen LogP contribution in [0.3, 0.4) is 0 Å². The van der Waals surface area contributed by atoms with Crippen LogP contribution in [0, 0.1) is 0 Å². The Morgan fingerprint density at radius 1 is 1.26 bits per heavy atom. The lowest BCUT2D eigenvalue weighted by Crippen LogP contribution is -2.24. The standard InChI is InChI=1S/C13H18N2O4/c1-2-18-13(17)8-15-7-10-3-5-11(6-4-10)19-9-12(14)16/h3-6,15H,2,7-9H2,1H3,(H2,14,16). The van der Waals surface area contributed by atoms with Crippen LogP contribution in [-0.2, 0) is 20.9 Å². The van der Waals surface area contributed by atoms with Crippen molar-refractivity contribution < 1.29 is 19.1 Å². The van der Waals surface area contributed by atoms with Crippen LogP contribution in [0.25, 0.3) is 0 Å². The van der Waals surface area contributed by atoms with Gasteiger partial charge < -0.3 is 20.5 Å². The second-order valence-electron chi connectivity index (χ2n) is 3.81. The lowest BCUT2D eigenvalue weighted by molar-refractivity contribution is -0.142. The van der Waals surface area contributed by atoms with Gasteiger partial charge in [0.15, 0.2) is 6.61 Å². The number of esters is 1. The zero-order valence-electron chi connectivity index (χ0n) is 10.8. The zero-order valence-corrected chi connectivity index (χ0v) is 10.8. The molecular weight excluding hydrogens is 248 g/mol. The molecule has 1 aromatic rings. The maximum absolute atomic E-state index is 11.1. The summed E-state index contributed by atoms with van der Waals surface area (Å²) in [6.45, 7) is 2.73. The zero-order chi connectivity index (χ0) is 14.1. The van der Waals surface area contributed by atoms with Crippen molar-refractivity contribution in [2.24, 2.45) is 5.73 Å². The van der Waals surface area contributed by atoms with E-state index in [1.165, 1.54) is 0 Å². The molecule has 0 radical (unpaired) electrons. The summed E-state index contributed by atoms with van der Waals surface area (Å²) in [5, 5.41) is 2.97. The summed E-state index contributed by atoms with van der Waals surface area (Å²) in [6, 6.07) is 7.16. The number of amides is 1. The number of ether oxygens (including phenoxy) is 2. The topological polar surface area (TPSA) is 90.7 Å². The molecule has 0 aliphatic carbocycles. The maximum atomic E-state index is 11.1. The largest absolute Gasteiger partial charge is 0.484 e. The molecule has 0 fully saturated rings. The summed E-state index contributed by atoms with van der Waals surface area (Å²) in [4.78, 5) is 21.6. The normalized spacial score (nSPS) is 9.95. The fraction of sp³-hybridized carbons (Fsp3) is 0.385. The summed E-state index contributed by atoms with van der Waals surface area (Å²) in [5.41, 5.74) is 5.97. The number of nitrogens with one attached hydrogen (secondary N) is 1. The van der Waals surface area contributed by atoms with Crippen molar-refractivity contribution in [3.63, 3.8) is 0 Å². The molecule has 3 N–H and O–H groups in total. The van der Waals surface area contributed by atoms with Crippen LogP contribution in [0.2, 0.25) is 0 Å². The Morgan fingerprint density at radius 2 is 1.95 bits per heavy atom. The van der Waals surface area contributed by atoms with E-state index in [1.807, 2.05) is 12.1 Å². The summed E-state index contributed by atoms with van der Waals surface area (Å²) in [5.74, 6) is -0.211. The van der Waals surface area contributed by atoms with Gasteiger partial charge in [0, 0.05) is 6.54 Å². The first kappa shape index (κ1) is 15.0. The molecule has 104 valence electrons. The molecule has 1 amide bonds. The number of carbonyl (C=O) groups excluding carboxylic acids is 2. The maximum Gasteiger partial charge on any atom is 0.319 e. The van der Waals surface area contributed by atoms with Crippen molar-refractivity contribution >= 4 is 11.9 Å². The number of carbonyl (C=O) groups is 2. The van der Waals surface area contributed by atoms with E-state index in [4.69, 9.17) is 15.2 Å². The van der Waals surface area contributed by atoms with E-state index in [9.17, 15) is 9.59 Å². The lowest BCUT2D eigenvalue weighted by atomic mass is 10.2. The predicted octanol–water partition coefficient (Wildman–Crippen LogP) is 0.203. The molecule has 1 aromatic carbocycles. The minimum absolute atomic E-state index is 0.138. The molecule has 0 saturated heterocycles. The molecule has 0 atom stereocenters. The summed E-state index contributed by atoms with van der Waals surface area (Å²) in [7, 11) is 0. The Hall–Kier alpha value is -2.08. The Balaban J connectivity index is 2.31. The Labute approximate surface area is 111 Å². The monoisotopic (exact) mass is 266 g/mol.